The van der Waals surface area contributed by atoms with E-state index in [0.29, 0.717) is 0 Å². The van der Waals surface area contributed by atoms with Crippen LogP contribution in [0, 0.1) is 5.92 Å². The molecule has 0 radical (unpaired) electrons. The van der Waals surface area contributed by atoms with Crippen molar-refractivity contribution in [2.24, 2.45) is 5.92 Å². The van der Waals surface area contributed by atoms with Gasteiger partial charge in [0.2, 0.25) is 0 Å². The number of rotatable bonds is 5. The Morgan fingerprint density at radius 2 is 1.86 bits per heavy atom. The van der Waals surface area contributed by atoms with Gasteiger partial charge in [-0.3, -0.25) is 0 Å². The summed E-state index contributed by atoms with van der Waals surface area (Å²) in [4.78, 5) is 0.821. The van der Waals surface area contributed by atoms with Crippen LogP contribution in [0.25, 0.3) is 0 Å². The van der Waals surface area contributed by atoms with Crippen LogP contribution in [0.1, 0.15) is 71.1 Å². The van der Waals surface area contributed by atoms with Gasteiger partial charge in [0.15, 0.2) is 0 Å². The van der Waals surface area contributed by atoms with E-state index in [1.165, 1.54) is 64.2 Å². The molecule has 1 saturated carbocycles. The molecule has 2 unspecified atom stereocenters. The minimum atomic E-state index is 0.821. The molecule has 0 aromatic heterocycles. The lowest BCUT2D eigenvalue weighted by Gasteiger charge is -2.15. The van der Waals surface area contributed by atoms with Crippen molar-refractivity contribution < 1.29 is 0 Å². The molecule has 0 N–H and O–H groups in total. The Hall–Kier alpha value is 0.480. The third kappa shape index (κ3) is 5.38. The zero-order chi connectivity index (χ0) is 10.2. The van der Waals surface area contributed by atoms with Crippen LogP contribution in [0.2, 0.25) is 0 Å². The first-order valence-electron chi connectivity index (χ1n) is 6.47. The highest BCUT2D eigenvalue weighted by atomic mass is 79.9. The topological polar surface area (TPSA) is 0 Å². The molecule has 14 heavy (non-hydrogen) atoms. The van der Waals surface area contributed by atoms with Crippen LogP contribution in [-0.4, -0.2) is 4.83 Å². The molecule has 1 heteroatoms. The van der Waals surface area contributed by atoms with Crippen LogP contribution in [0.5, 0.6) is 0 Å². The van der Waals surface area contributed by atoms with E-state index < -0.39 is 0 Å². The van der Waals surface area contributed by atoms with E-state index in [2.05, 4.69) is 22.9 Å². The quantitative estimate of drug-likeness (QED) is 0.358. The summed E-state index contributed by atoms with van der Waals surface area (Å²) >= 11 is 3.80. The lowest BCUT2D eigenvalue weighted by molar-refractivity contribution is 0.411. The van der Waals surface area contributed by atoms with Gasteiger partial charge in [-0.05, 0) is 18.8 Å². The molecule has 0 spiro atoms. The molecule has 0 aromatic rings. The summed E-state index contributed by atoms with van der Waals surface area (Å²) in [6, 6.07) is 0. The molecule has 0 aromatic carbocycles. The standard InChI is InChI=1S/C13H25Br/c1-2-3-4-5-8-12-9-6-7-10-13(14)11-12/h12-13H,2-11H2,1H3. The Labute approximate surface area is 98.0 Å². The molecule has 0 nitrogen and oxygen atoms in total. The Morgan fingerprint density at radius 1 is 1.07 bits per heavy atom. The molecule has 0 heterocycles. The minimum Gasteiger partial charge on any atom is -0.0891 e. The monoisotopic (exact) mass is 260 g/mol. The van der Waals surface area contributed by atoms with Crippen molar-refractivity contribution in [3.63, 3.8) is 0 Å². The third-order valence-corrected chi connectivity index (χ3v) is 4.27. The number of hydrogen-bond donors (Lipinski definition) is 0. The first-order valence-corrected chi connectivity index (χ1v) is 7.38. The average Bonchev–Trinajstić information content (AvgIpc) is 2.38. The van der Waals surface area contributed by atoms with Gasteiger partial charge in [-0.1, -0.05) is 74.2 Å². The number of unbranched alkanes of at least 4 members (excludes halogenated alkanes) is 3. The Kier molecular flexibility index (Phi) is 6.93. The van der Waals surface area contributed by atoms with Crippen molar-refractivity contribution in [3.8, 4) is 0 Å². The normalized spacial score (nSPS) is 28.7. The van der Waals surface area contributed by atoms with Crippen molar-refractivity contribution in [2.75, 3.05) is 0 Å². The highest BCUT2D eigenvalue weighted by molar-refractivity contribution is 9.09. The average molecular weight is 261 g/mol. The van der Waals surface area contributed by atoms with E-state index >= 15 is 0 Å². The smallest absolute Gasteiger partial charge is 0.0148 e. The first kappa shape index (κ1) is 12.5. The fourth-order valence-electron chi connectivity index (χ4n) is 2.52. The van der Waals surface area contributed by atoms with Crippen molar-refractivity contribution in [3.05, 3.63) is 0 Å². The van der Waals surface area contributed by atoms with Crippen molar-refractivity contribution in [1.29, 1.82) is 0 Å². The summed E-state index contributed by atoms with van der Waals surface area (Å²) in [6.07, 6.45) is 14.5. The van der Waals surface area contributed by atoms with Gasteiger partial charge in [-0.2, -0.15) is 0 Å². The summed E-state index contributed by atoms with van der Waals surface area (Å²) in [5.41, 5.74) is 0. The second-order valence-electron chi connectivity index (χ2n) is 4.83. The second kappa shape index (κ2) is 7.73. The van der Waals surface area contributed by atoms with Crippen LogP contribution in [0.4, 0.5) is 0 Å². The molecular weight excluding hydrogens is 236 g/mol. The molecule has 0 bridgehead atoms. The summed E-state index contributed by atoms with van der Waals surface area (Å²) in [5, 5.41) is 0. The van der Waals surface area contributed by atoms with E-state index in [4.69, 9.17) is 0 Å². The Balaban J connectivity index is 2.09. The molecule has 1 aliphatic rings. The summed E-state index contributed by atoms with van der Waals surface area (Å²) in [5.74, 6) is 1.03. The van der Waals surface area contributed by atoms with E-state index in [-0.39, 0.29) is 0 Å². The highest BCUT2D eigenvalue weighted by Crippen LogP contribution is 2.30. The molecule has 0 saturated heterocycles. The zero-order valence-electron chi connectivity index (χ0n) is 9.60. The van der Waals surface area contributed by atoms with Crippen LogP contribution >= 0.6 is 15.9 Å². The van der Waals surface area contributed by atoms with Gasteiger partial charge in [-0.15, -0.1) is 0 Å². The van der Waals surface area contributed by atoms with Crippen LogP contribution in [0.15, 0.2) is 0 Å². The summed E-state index contributed by atoms with van der Waals surface area (Å²) in [7, 11) is 0. The second-order valence-corrected chi connectivity index (χ2v) is 6.13. The van der Waals surface area contributed by atoms with Gasteiger partial charge in [0, 0.05) is 4.83 Å². The highest BCUT2D eigenvalue weighted by Gasteiger charge is 2.17. The van der Waals surface area contributed by atoms with Gasteiger partial charge >= 0.3 is 0 Å². The van der Waals surface area contributed by atoms with Crippen LogP contribution < -0.4 is 0 Å². The summed E-state index contributed by atoms with van der Waals surface area (Å²) in [6.45, 7) is 2.29. The summed E-state index contributed by atoms with van der Waals surface area (Å²) < 4.78 is 0. The predicted octanol–water partition coefficient (Wildman–Crippen LogP) is 5.30. The minimum absolute atomic E-state index is 0.821. The van der Waals surface area contributed by atoms with Crippen molar-refractivity contribution in [1.82, 2.24) is 0 Å². The Morgan fingerprint density at radius 3 is 2.64 bits per heavy atom. The zero-order valence-corrected chi connectivity index (χ0v) is 11.2. The number of alkyl halides is 1. The SMILES string of the molecule is CCCCCCC1CCCCC(Br)C1. The number of hydrogen-bond acceptors (Lipinski definition) is 0. The fourth-order valence-corrected chi connectivity index (χ4v) is 3.37. The van der Waals surface area contributed by atoms with E-state index in [9.17, 15) is 0 Å². The lowest BCUT2D eigenvalue weighted by Crippen LogP contribution is -2.05. The van der Waals surface area contributed by atoms with Gasteiger partial charge in [0.25, 0.3) is 0 Å². The molecule has 1 rings (SSSR count). The maximum Gasteiger partial charge on any atom is 0.0148 e. The van der Waals surface area contributed by atoms with E-state index in [1.807, 2.05) is 0 Å². The maximum atomic E-state index is 3.80. The molecule has 2 atom stereocenters. The molecule has 1 aliphatic carbocycles. The fraction of sp³-hybridized carbons (Fsp3) is 1.00. The molecular formula is C13H25Br. The molecule has 1 fully saturated rings. The first-order chi connectivity index (χ1) is 6.83. The molecule has 0 amide bonds. The lowest BCUT2D eigenvalue weighted by atomic mass is 9.94. The van der Waals surface area contributed by atoms with Crippen molar-refractivity contribution >= 4 is 15.9 Å². The van der Waals surface area contributed by atoms with E-state index in [1.54, 1.807) is 0 Å². The van der Waals surface area contributed by atoms with Crippen LogP contribution in [0.3, 0.4) is 0 Å². The molecule has 84 valence electrons. The van der Waals surface area contributed by atoms with Gasteiger partial charge in [0.05, 0.1) is 0 Å². The van der Waals surface area contributed by atoms with Crippen LogP contribution in [-0.2, 0) is 0 Å². The Bertz CT molecular complexity index is 133. The third-order valence-electron chi connectivity index (χ3n) is 3.43. The predicted molar refractivity (Wildman–Crippen MR) is 68.0 cm³/mol. The van der Waals surface area contributed by atoms with Gasteiger partial charge < -0.3 is 0 Å². The van der Waals surface area contributed by atoms with Gasteiger partial charge in [0.1, 0.15) is 0 Å². The van der Waals surface area contributed by atoms with Crippen molar-refractivity contribution in [2.45, 2.75) is 76.0 Å². The molecule has 0 aliphatic heterocycles. The maximum absolute atomic E-state index is 3.80. The van der Waals surface area contributed by atoms with Gasteiger partial charge in [-0.25, -0.2) is 0 Å². The largest absolute Gasteiger partial charge is 0.0891 e. The van der Waals surface area contributed by atoms with E-state index in [0.717, 1.165) is 10.7 Å². The number of halogens is 1.